The van der Waals surface area contributed by atoms with Crippen LogP contribution in [0, 0.1) is 0 Å². The second-order valence-corrected chi connectivity index (χ2v) is 14.4. The van der Waals surface area contributed by atoms with Gasteiger partial charge in [0.1, 0.15) is 0 Å². The standard InChI is InChI=1S/C29H35NO3Si/c1-29(2,3)34(25-15-6-4-7-16-25,26-17-8-5-9-18-26)33-22-23-13-10-11-19-27(23)28(32)30-20-12-14-24(30)21-31/h4-11,13,15-19,24,31H,12,14,20-22H2,1-3H3. The molecule has 4 nitrogen and oxygen atoms in total. The maximum atomic E-state index is 13.5. The number of nitrogens with zero attached hydrogens (tertiary/aromatic N) is 1. The van der Waals surface area contributed by atoms with Gasteiger partial charge in [0.2, 0.25) is 0 Å². The number of amides is 1. The van der Waals surface area contributed by atoms with Crippen LogP contribution in [0.3, 0.4) is 0 Å². The van der Waals surface area contributed by atoms with Crippen molar-refractivity contribution in [3.05, 3.63) is 96.1 Å². The Morgan fingerprint density at radius 1 is 0.941 bits per heavy atom. The van der Waals surface area contributed by atoms with Gasteiger partial charge in [-0.2, -0.15) is 0 Å². The van der Waals surface area contributed by atoms with Crippen molar-refractivity contribution in [3.63, 3.8) is 0 Å². The fraction of sp³-hybridized carbons (Fsp3) is 0.345. The van der Waals surface area contributed by atoms with Crippen LogP contribution in [0.2, 0.25) is 5.04 Å². The van der Waals surface area contributed by atoms with Gasteiger partial charge in [0.05, 0.1) is 19.3 Å². The maximum absolute atomic E-state index is 13.5. The van der Waals surface area contributed by atoms with E-state index in [1.54, 1.807) is 0 Å². The van der Waals surface area contributed by atoms with Crippen molar-refractivity contribution in [1.82, 2.24) is 4.90 Å². The van der Waals surface area contributed by atoms with Gasteiger partial charge in [-0.1, -0.05) is 99.6 Å². The van der Waals surface area contributed by atoms with Crippen molar-refractivity contribution in [2.45, 2.75) is 51.3 Å². The van der Waals surface area contributed by atoms with Crippen LogP contribution in [0.15, 0.2) is 84.9 Å². The van der Waals surface area contributed by atoms with Crippen molar-refractivity contribution < 1.29 is 14.3 Å². The van der Waals surface area contributed by atoms with Crippen LogP contribution < -0.4 is 10.4 Å². The van der Waals surface area contributed by atoms with E-state index < -0.39 is 8.32 Å². The van der Waals surface area contributed by atoms with Gasteiger partial charge in [-0.15, -0.1) is 0 Å². The van der Waals surface area contributed by atoms with Gasteiger partial charge in [-0.25, -0.2) is 0 Å². The van der Waals surface area contributed by atoms with Crippen LogP contribution in [0.1, 0.15) is 49.5 Å². The Morgan fingerprint density at radius 2 is 1.50 bits per heavy atom. The van der Waals surface area contributed by atoms with E-state index in [1.807, 2.05) is 41.3 Å². The van der Waals surface area contributed by atoms with Crippen molar-refractivity contribution in [1.29, 1.82) is 0 Å². The first-order valence-corrected chi connectivity index (χ1v) is 14.0. The summed E-state index contributed by atoms with van der Waals surface area (Å²) in [6.45, 7) is 7.82. The molecule has 4 rings (SSSR count). The summed E-state index contributed by atoms with van der Waals surface area (Å²) >= 11 is 0. The third-order valence-corrected chi connectivity index (χ3v) is 11.9. The van der Waals surface area contributed by atoms with Crippen LogP contribution in [0.25, 0.3) is 0 Å². The Hall–Kier alpha value is -2.73. The van der Waals surface area contributed by atoms with Crippen LogP contribution in [-0.2, 0) is 11.0 Å². The summed E-state index contributed by atoms with van der Waals surface area (Å²) in [5.41, 5.74) is 1.56. The molecule has 1 unspecified atom stereocenters. The number of aliphatic hydroxyl groups is 1. The van der Waals surface area contributed by atoms with Crippen LogP contribution in [0.5, 0.6) is 0 Å². The summed E-state index contributed by atoms with van der Waals surface area (Å²) in [6.07, 6.45) is 1.78. The lowest BCUT2D eigenvalue weighted by molar-refractivity contribution is 0.0675. The SMILES string of the molecule is CC(C)(C)[Si](OCc1ccccc1C(=O)N1CCCC1CO)(c1ccccc1)c1ccccc1. The quantitative estimate of drug-likeness (QED) is 0.519. The van der Waals surface area contributed by atoms with Gasteiger partial charge < -0.3 is 14.4 Å². The number of hydrogen-bond acceptors (Lipinski definition) is 3. The normalized spacial score (nSPS) is 16.6. The highest BCUT2D eigenvalue weighted by molar-refractivity contribution is 6.99. The molecule has 0 aliphatic carbocycles. The Labute approximate surface area is 204 Å². The number of likely N-dealkylation sites (tertiary alicyclic amines) is 1. The summed E-state index contributed by atoms with van der Waals surface area (Å²) < 4.78 is 7.08. The van der Waals surface area contributed by atoms with Gasteiger partial charge >= 0.3 is 0 Å². The first-order chi connectivity index (χ1) is 16.4. The predicted octanol–water partition coefficient (Wildman–Crippen LogP) is 4.36. The molecule has 3 aromatic carbocycles. The molecule has 1 N–H and O–H groups in total. The molecule has 34 heavy (non-hydrogen) atoms. The van der Waals surface area contributed by atoms with Crippen LogP contribution in [0.4, 0.5) is 0 Å². The van der Waals surface area contributed by atoms with Gasteiger partial charge in [0.15, 0.2) is 0 Å². The fourth-order valence-electron chi connectivity index (χ4n) is 5.25. The third kappa shape index (κ3) is 4.60. The Bertz CT molecular complexity index is 1060. The van der Waals surface area contributed by atoms with E-state index in [1.165, 1.54) is 10.4 Å². The Morgan fingerprint density at radius 3 is 2.06 bits per heavy atom. The molecular weight excluding hydrogens is 438 g/mol. The molecule has 1 amide bonds. The largest absolute Gasteiger partial charge is 0.403 e. The molecule has 3 aromatic rings. The molecular formula is C29H35NO3Si. The van der Waals surface area contributed by atoms with E-state index in [2.05, 4.69) is 69.3 Å². The molecule has 178 valence electrons. The van der Waals surface area contributed by atoms with Gasteiger partial charge in [0.25, 0.3) is 14.2 Å². The molecule has 1 saturated heterocycles. The molecule has 1 heterocycles. The van der Waals surface area contributed by atoms with E-state index in [0.29, 0.717) is 18.7 Å². The topological polar surface area (TPSA) is 49.8 Å². The molecule has 1 aliphatic rings. The minimum absolute atomic E-state index is 0.00642. The second-order valence-electron chi connectivity index (χ2n) is 10.1. The first-order valence-electron chi connectivity index (χ1n) is 12.1. The van der Waals surface area contributed by atoms with Gasteiger partial charge in [-0.05, 0) is 39.9 Å². The molecule has 0 radical (unpaired) electrons. The van der Waals surface area contributed by atoms with Crippen molar-refractivity contribution >= 4 is 24.6 Å². The summed E-state index contributed by atoms with van der Waals surface area (Å²) in [7, 11) is -2.71. The lowest BCUT2D eigenvalue weighted by atomic mass is 10.1. The highest BCUT2D eigenvalue weighted by Crippen LogP contribution is 2.37. The lowest BCUT2D eigenvalue weighted by Crippen LogP contribution is -2.66. The molecule has 0 saturated carbocycles. The zero-order valence-corrected chi connectivity index (χ0v) is 21.4. The predicted molar refractivity (Wildman–Crippen MR) is 140 cm³/mol. The molecule has 0 aromatic heterocycles. The summed E-state index contributed by atoms with van der Waals surface area (Å²) in [4.78, 5) is 15.3. The van der Waals surface area contributed by atoms with Crippen molar-refractivity contribution in [2.24, 2.45) is 0 Å². The number of carbonyl (C=O) groups excluding carboxylic acids is 1. The molecule has 1 aliphatic heterocycles. The number of rotatable bonds is 7. The number of carbonyl (C=O) groups is 1. The summed E-state index contributed by atoms with van der Waals surface area (Å²) in [5.74, 6) is -0.0156. The number of benzene rings is 3. The van der Waals surface area contributed by atoms with E-state index in [4.69, 9.17) is 4.43 Å². The van der Waals surface area contributed by atoms with Crippen LogP contribution in [-0.4, -0.2) is 43.4 Å². The minimum Gasteiger partial charge on any atom is -0.403 e. The zero-order valence-electron chi connectivity index (χ0n) is 20.4. The molecule has 0 spiro atoms. The third-order valence-electron chi connectivity index (χ3n) is 6.96. The minimum atomic E-state index is -2.71. The van der Waals surface area contributed by atoms with Crippen molar-refractivity contribution in [2.75, 3.05) is 13.2 Å². The Kier molecular flexibility index (Phi) is 7.36. The highest BCUT2D eigenvalue weighted by atomic mass is 28.4. The Balaban J connectivity index is 1.74. The lowest BCUT2D eigenvalue weighted by Gasteiger charge is -2.43. The van der Waals surface area contributed by atoms with Crippen molar-refractivity contribution in [3.8, 4) is 0 Å². The number of hydrogen-bond donors (Lipinski definition) is 1. The van der Waals surface area contributed by atoms with Gasteiger partial charge in [-0.3, -0.25) is 4.79 Å². The molecule has 0 bridgehead atoms. The van der Waals surface area contributed by atoms with E-state index in [0.717, 1.165) is 18.4 Å². The number of aliphatic hydroxyl groups excluding tert-OH is 1. The second kappa shape index (κ2) is 10.3. The summed E-state index contributed by atoms with van der Waals surface area (Å²) in [5, 5.41) is 12.0. The van der Waals surface area contributed by atoms with E-state index >= 15 is 0 Å². The van der Waals surface area contributed by atoms with Crippen LogP contribution >= 0.6 is 0 Å². The first kappa shape index (κ1) is 24.4. The smallest absolute Gasteiger partial charge is 0.261 e. The average Bonchev–Trinajstić information content (AvgIpc) is 3.34. The highest BCUT2D eigenvalue weighted by Gasteiger charge is 2.50. The molecule has 5 heteroatoms. The van der Waals surface area contributed by atoms with E-state index in [9.17, 15) is 9.90 Å². The van der Waals surface area contributed by atoms with E-state index in [-0.39, 0.29) is 23.6 Å². The fourth-order valence-corrected chi connectivity index (χ4v) is 9.78. The molecule has 1 atom stereocenters. The molecule has 1 fully saturated rings. The zero-order chi connectivity index (χ0) is 24.2. The monoisotopic (exact) mass is 473 g/mol. The average molecular weight is 474 g/mol. The summed E-state index contributed by atoms with van der Waals surface area (Å²) in [6, 6.07) is 28.8. The van der Waals surface area contributed by atoms with Gasteiger partial charge in [0, 0.05) is 12.1 Å². The maximum Gasteiger partial charge on any atom is 0.261 e.